The Kier molecular flexibility index (Phi) is 3.12. The highest BCUT2D eigenvalue weighted by Gasteiger charge is 2.38. The molecule has 0 bridgehead atoms. The molecule has 1 aromatic rings. The molecule has 17 heavy (non-hydrogen) atoms. The highest BCUT2D eigenvalue weighted by molar-refractivity contribution is 5.13. The van der Waals surface area contributed by atoms with E-state index in [9.17, 15) is 0 Å². The summed E-state index contributed by atoms with van der Waals surface area (Å²) in [5.74, 6) is 0. The first kappa shape index (κ1) is 11.2. The summed E-state index contributed by atoms with van der Waals surface area (Å²) >= 11 is 0. The average molecular weight is 231 g/mol. The van der Waals surface area contributed by atoms with Gasteiger partial charge >= 0.3 is 0 Å². The quantitative estimate of drug-likeness (QED) is 0.847. The fourth-order valence-corrected chi connectivity index (χ4v) is 2.97. The summed E-state index contributed by atoms with van der Waals surface area (Å²) in [5.41, 5.74) is 7.55. The number of nitrogens with two attached hydrogens (primary N) is 1. The molecule has 2 N–H and O–H groups in total. The largest absolute Gasteiger partial charge is 0.326 e. The van der Waals surface area contributed by atoms with Gasteiger partial charge in [0.15, 0.2) is 0 Å². The van der Waals surface area contributed by atoms with Crippen LogP contribution in [0.15, 0.2) is 24.4 Å². The average Bonchev–Trinajstić information content (AvgIpc) is 3.17. The van der Waals surface area contributed by atoms with Crippen LogP contribution >= 0.6 is 0 Å². The first-order valence-electron chi connectivity index (χ1n) is 6.78. The Labute approximate surface area is 103 Å². The van der Waals surface area contributed by atoms with Gasteiger partial charge in [-0.15, -0.1) is 0 Å². The van der Waals surface area contributed by atoms with Gasteiger partial charge in [0.25, 0.3) is 0 Å². The van der Waals surface area contributed by atoms with E-state index in [2.05, 4.69) is 22.0 Å². The zero-order valence-electron chi connectivity index (χ0n) is 10.3. The second kappa shape index (κ2) is 4.75. The summed E-state index contributed by atoms with van der Waals surface area (Å²) in [6, 6.07) is 7.54. The minimum Gasteiger partial charge on any atom is -0.326 e. The van der Waals surface area contributed by atoms with Crippen LogP contribution in [0.1, 0.15) is 43.8 Å². The first-order valence-corrected chi connectivity index (χ1v) is 6.78. The van der Waals surface area contributed by atoms with Crippen molar-refractivity contribution in [3.63, 3.8) is 0 Å². The van der Waals surface area contributed by atoms with Crippen LogP contribution in [-0.2, 0) is 0 Å². The molecule has 1 aliphatic heterocycles. The highest BCUT2D eigenvalue weighted by atomic mass is 15.2. The fraction of sp³-hybridized carbons (Fsp3) is 0.643. The Balaban J connectivity index is 1.89. The molecule has 0 spiro atoms. The molecule has 2 aliphatic rings. The molecule has 1 aromatic heterocycles. The maximum Gasteiger partial charge on any atom is 0.0676 e. The summed E-state index contributed by atoms with van der Waals surface area (Å²) < 4.78 is 0. The number of hydrogen-bond donors (Lipinski definition) is 1. The molecule has 1 aliphatic carbocycles. The number of likely N-dealkylation sites (tertiary alicyclic amines) is 1. The van der Waals surface area contributed by atoms with E-state index >= 15 is 0 Å². The summed E-state index contributed by atoms with van der Waals surface area (Å²) in [5, 5.41) is 0. The molecule has 3 nitrogen and oxygen atoms in total. The molecule has 92 valence electrons. The standard InChI is InChI=1S/C14H21N3/c15-12-5-2-4-10-17(11-7-8-11)14(12)13-6-1-3-9-16-13/h1,3,6,9,11-12,14H,2,4-5,7-8,10,15H2. The molecule has 3 rings (SSSR count). The van der Waals surface area contributed by atoms with E-state index in [1.54, 1.807) is 0 Å². The fourth-order valence-electron chi connectivity index (χ4n) is 2.97. The van der Waals surface area contributed by atoms with E-state index in [1.165, 1.54) is 32.2 Å². The lowest BCUT2D eigenvalue weighted by atomic mass is 10.0. The third kappa shape index (κ3) is 2.35. The molecule has 3 heteroatoms. The van der Waals surface area contributed by atoms with E-state index in [4.69, 9.17) is 5.73 Å². The van der Waals surface area contributed by atoms with Gasteiger partial charge in [-0.3, -0.25) is 9.88 Å². The maximum atomic E-state index is 6.39. The lowest BCUT2D eigenvalue weighted by Gasteiger charge is -2.33. The summed E-state index contributed by atoms with van der Waals surface area (Å²) in [6.07, 6.45) is 8.25. The van der Waals surface area contributed by atoms with Crippen LogP contribution in [0, 0.1) is 0 Å². The van der Waals surface area contributed by atoms with Crippen molar-refractivity contribution in [3.05, 3.63) is 30.1 Å². The summed E-state index contributed by atoms with van der Waals surface area (Å²) in [7, 11) is 0. The molecule has 1 saturated heterocycles. The Morgan fingerprint density at radius 1 is 1.18 bits per heavy atom. The number of nitrogens with zero attached hydrogens (tertiary/aromatic N) is 2. The minimum absolute atomic E-state index is 0.244. The zero-order chi connectivity index (χ0) is 11.7. The van der Waals surface area contributed by atoms with Crippen molar-refractivity contribution in [2.24, 2.45) is 5.73 Å². The predicted molar refractivity (Wildman–Crippen MR) is 68.5 cm³/mol. The molecule has 0 amide bonds. The van der Waals surface area contributed by atoms with E-state index in [0.29, 0.717) is 6.04 Å². The third-order valence-corrected chi connectivity index (χ3v) is 3.97. The molecular formula is C14H21N3. The molecule has 2 unspecified atom stereocenters. The van der Waals surface area contributed by atoms with Crippen molar-refractivity contribution in [2.75, 3.05) is 6.54 Å². The van der Waals surface area contributed by atoms with E-state index in [0.717, 1.165) is 18.2 Å². The maximum absolute atomic E-state index is 6.39. The van der Waals surface area contributed by atoms with Gasteiger partial charge in [0.1, 0.15) is 0 Å². The second-order valence-electron chi connectivity index (χ2n) is 5.33. The monoisotopic (exact) mass is 231 g/mol. The van der Waals surface area contributed by atoms with Crippen molar-refractivity contribution in [1.82, 2.24) is 9.88 Å². The smallest absolute Gasteiger partial charge is 0.0676 e. The van der Waals surface area contributed by atoms with Gasteiger partial charge in [-0.1, -0.05) is 12.5 Å². The van der Waals surface area contributed by atoms with Crippen LogP contribution in [0.25, 0.3) is 0 Å². The number of pyridine rings is 1. The minimum atomic E-state index is 0.244. The lowest BCUT2D eigenvalue weighted by Crippen LogP contribution is -2.41. The Hall–Kier alpha value is -0.930. The van der Waals surface area contributed by atoms with Gasteiger partial charge in [-0.05, 0) is 44.4 Å². The number of hydrogen-bond acceptors (Lipinski definition) is 3. The summed E-state index contributed by atoms with van der Waals surface area (Å²) in [6.45, 7) is 1.19. The van der Waals surface area contributed by atoms with Crippen molar-refractivity contribution in [2.45, 2.75) is 50.2 Å². The molecule has 0 aromatic carbocycles. The Bertz CT molecular complexity index is 361. The molecule has 2 heterocycles. The number of aromatic nitrogens is 1. The van der Waals surface area contributed by atoms with Crippen molar-refractivity contribution in [1.29, 1.82) is 0 Å². The summed E-state index contributed by atoms with van der Waals surface area (Å²) in [4.78, 5) is 7.14. The normalized spacial score (nSPS) is 31.1. The van der Waals surface area contributed by atoms with Crippen LogP contribution in [0.4, 0.5) is 0 Å². The third-order valence-electron chi connectivity index (χ3n) is 3.97. The van der Waals surface area contributed by atoms with E-state index in [-0.39, 0.29) is 6.04 Å². The van der Waals surface area contributed by atoms with Gasteiger partial charge in [0.2, 0.25) is 0 Å². The van der Waals surface area contributed by atoms with Crippen LogP contribution in [0.2, 0.25) is 0 Å². The number of rotatable bonds is 2. The topological polar surface area (TPSA) is 42.1 Å². The van der Waals surface area contributed by atoms with Crippen molar-refractivity contribution < 1.29 is 0 Å². The highest BCUT2D eigenvalue weighted by Crippen LogP contribution is 2.37. The Morgan fingerprint density at radius 3 is 2.76 bits per heavy atom. The van der Waals surface area contributed by atoms with Gasteiger partial charge < -0.3 is 5.73 Å². The van der Waals surface area contributed by atoms with Gasteiger partial charge in [-0.25, -0.2) is 0 Å². The SMILES string of the molecule is NC1CCCCN(C2CC2)C1c1ccccn1. The molecule has 2 atom stereocenters. The Morgan fingerprint density at radius 2 is 2.06 bits per heavy atom. The lowest BCUT2D eigenvalue weighted by molar-refractivity contribution is 0.172. The van der Waals surface area contributed by atoms with Crippen LogP contribution in [-0.4, -0.2) is 28.5 Å². The van der Waals surface area contributed by atoms with Gasteiger partial charge in [0, 0.05) is 18.3 Å². The van der Waals surface area contributed by atoms with E-state index < -0.39 is 0 Å². The second-order valence-corrected chi connectivity index (χ2v) is 5.33. The van der Waals surface area contributed by atoms with Crippen LogP contribution in [0.3, 0.4) is 0 Å². The zero-order valence-corrected chi connectivity index (χ0v) is 10.3. The van der Waals surface area contributed by atoms with Crippen LogP contribution in [0.5, 0.6) is 0 Å². The van der Waals surface area contributed by atoms with E-state index in [1.807, 2.05) is 12.3 Å². The van der Waals surface area contributed by atoms with Gasteiger partial charge in [-0.2, -0.15) is 0 Å². The molecule has 2 fully saturated rings. The van der Waals surface area contributed by atoms with Gasteiger partial charge in [0.05, 0.1) is 11.7 Å². The molecule has 1 saturated carbocycles. The predicted octanol–water partition coefficient (Wildman–Crippen LogP) is 2.10. The van der Waals surface area contributed by atoms with Crippen molar-refractivity contribution >= 4 is 0 Å². The first-order chi connectivity index (χ1) is 8.36. The van der Waals surface area contributed by atoms with Crippen molar-refractivity contribution in [3.8, 4) is 0 Å². The molecular weight excluding hydrogens is 210 g/mol. The molecule has 0 radical (unpaired) electrons. The van der Waals surface area contributed by atoms with Crippen LogP contribution < -0.4 is 5.73 Å².